The number of non-ortho nitro benzene ring substituents is 1. The molecule has 1 N–H and O–H groups in total. The Hall–Kier alpha value is -4.72. The summed E-state index contributed by atoms with van der Waals surface area (Å²) in [6, 6.07) is 21.9. The Kier molecular flexibility index (Phi) is 4.72. The molecule has 0 unspecified atom stereocenters. The van der Waals surface area contributed by atoms with E-state index >= 15 is 0 Å². The first kappa shape index (κ1) is 19.3. The van der Waals surface area contributed by atoms with Gasteiger partial charge in [-0.3, -0.25) is 19.9 Å². The number of ether oxygens (including phenoxy) is 1. The molecule has 3 aromatic carbocycles. The van der Waals surface area contributed by atoms with Crippen LogP contribution in [-0.2, 0) is 0 Å². The van der Waals surface area contributed by atoms with E-state index in [1.807, 2.05) is 12.1 Å². The summed E-state index contributed by atoms with van der Waals surface area (Å²) in [4.78, 5) is 27.4. The second-order valence-electron chi connectivity index (χ2n) is 7.00. The molecule has 32 heavy (non-hydrogen) atoms. The van der Waals surface area contributed by atoms with Gasteiger partial charge in [-0.15, -0.1) is 0 Å². The smallest absolute Gasteiger partial charge is 0.269 e. The van der Waals surface area contributed by atoms with Crippen molar-refractivity contribution in [3.05, 3.63) is 100 Å². The lowest BCUT2D eigenvalue weighted by atomic mass is 10.1. The Morgan fingerprint density at radius 2 is 1.75 bits per heavy atom. The van der Waals surface area contributed by atoms with Crippen LogP contribution in [-0.4, -0.2) is 17.0 Å². The van der Waals surface area contributed by atoms with E-state index < -0.39 is 4.92 Å². The van der Waals surface area contributed by atoms with Crippen molar-refractivity contribution in [2.75, 3.05) is 5.32 Å². The van der Waals surface area contributed by atoms with E-state index in [0.29, 0.717) is 45.5 Å². The fourth-order valence-corrected chi connectivity index (χ4v) is 3.29. The normalized spacial score (nSPS) is 12.4. The zero-order valence-corrected chi connectivity index (χ0v) is 16.5. The van der Waals surface area contributed by atoms with Crippen LogP contribution in [0.3, 0.4) is 0 Å². The highest BCUT2D eigenvalue weighted by Gasteiger charge is 2.20. The lowest BCUT2D eigenvalue weighted by molar-refractivity contribution is -0.384. The fraction of sp³-hybridized carbons (Fsp3) is 0. The molecule has 0 saturated carbocycles. The SMILES string of the molecule is O=C1Nc2ccccc2Oc2ccc(N=Cc3ccc(-c4ccc([N+](=O)[O-])cc4)o3)cc21. The molecule has 156 valence electrons. The zero-order valence-electron chi connectivity index (χ0n) is 16.5. The summed E-state index contributed by atoms with van der Waals surface area (Å²) in [5.41, 5.74) is 2.27. The number of aliphatic imine (C=N–C) groups is 1. The fourth-order valence-electron chi connectivity index (χ4n) is 3.29. The van der Waals surface area contributed by atoms with Crippen LogP contribution < -0.4 is 10.1 Å². The molecular formula is C24H15N3O5. The van der Waals surface area contributed by atoms with Crippen molar-refractivity contribution in [3.63, 3.8) is 0 Å². The third kappa shape index (κ3) is 3.72. The van der Waals surface area contributed by atoms with Gasteiger partial charge >= 0.3 is 0 Å². The van der Waals surface area contributed by atoms with Crippen LogP contribution in [0.1, 0.15) is 16.1 Å². The first-order valence-electron chi connectivity index (χ1n) is 9.68. The Balaban J connectivity index is 1.36. The molecule has 0 radical (unpaired) electrons. The third-order valence-electron chi connectivity index (χ3n) is 4.89. The average Bonchev–Trinajstić information content (AvgIpc) is 3.23. The predicted molar refractivity (Wildman–Crippen MR) is 119 cm³/mol. The van der Waals surface area contributed by atoms with Gasteiger partial charge in [0.2, 0.25) is 0 Å². The Morgan fingerprint density at radius 3 is 2.56 bits per heavy atom. The monoisotopic (exact) mass is 425 g/mol. The Bertz CT molecular complexity index is 1370. The molecule has 0 fully saturated rings. The summed E-state index contributed by atoms with van der Waals surface area (Å²) in [6.45, 7) is 0. The first-order valence-corrected chi connectivity index (χ1v) is 9.68. The van der Waals surface area contributed by atoms with Crippen LogP contribution in [0.5, 0.6) is 11.5 Å². The molecule has 2 heterocycles. The van der Waals surface area contributed by atoms with Crippen molar-refractivity contribution in [1.82, 2.24) is 0 Å². The van der Waals surface area contributed by atoms with Crippen LogP contribution >= 0.6 is 0 Å². The number of hydrogen-bond donors (Lipinski definition) is 1. The molecule has 5 rings (SSSR count). The van der Waals surface area contributed by atoms with Gasteiger partial charge in [-0.2, -0.15) is 0 Å². The van der Waals surface area contributed by atoms with Crippen LogP contribution in [0.2, 0.25) is 0 Å². The Morgan fingerprint density at radius 1 is 0.938 bits per heavy atom. The molecule has 0 atom stereocenters. The number of nitrogens with one attached hydrogen (secondary N) is 1. The number of nitrogens with zero attached hydrogens (tertiary/aromatic N) is 2. The molecule has 1 amide bonds. The largest absolute Gasteiger partial charge is 0.455 e. The number of anilines is 1. The predicted octanol–water partition coefficient (Wildman–Crippen LogP) is 5.96. The standard InChI is InChI=1S/C24H15N3O5/c28-24-19-13-16(7-11-22(19)32-23-4-2-1-3-20(23)26-24)25-14-18-10-12-21(31-18)15-5-8-17(9-6-15)27(29)30/h1-14H,(H,26,28). The van der Waals surface area contributed by atoms with Crippen molar-refractivity contribution in [1.29, 1.82) is 0 Å². The van der Waals surface area contributed by atoms with Gasteiger partial charge in [-0.25, -0.2) is 0 Å². The number of rotatable bonds is 4. The average molecular weight is 425 g/mol. The van der Waals surface area contributed by atoms with Crippen molar-refractivity contribution >= 4 is 29.2 Å². The van der Waals surface area contributed by atoms with Crippen molar-refractivity contribution in [2.24, 2.45) is 4.99 Å². The van der Waals surface area contributed by atoms with Crippen LogP contribution in [0.25, 0.3) is 11.3 Å². The number of nitro benzene ring substituents is 1. The summed E-state index contributed by atoms with van der Waals surface area (Å²) in [6.07, 6.45) is 1.54. The second-order valence-corrected chi connectivity index (χ2v) is 7.00. The lowest BCUT2D eigenvalue weighted by Gasteiger charge is -2.07. The van der Waals surface area contributed by atoms with Crippen molar-refractivity contribution in [3.8, 4) is 22.8 Å². The molecule has 8 heteroatoms. The topological polar surface area (TPSA) is 107 Å². The van der Waals surface area contributed by atoms with Gasteiger partial charge in [-0.05, 0) is 54.6 Å². The lowest BCUT2D eigenvalue weighted by Crippen LogP contribution is -2.10. The van der Waals surface area contributed by atoms with Gasteiger partial charge < -0.3 is 14.5 Å². The number of carbonyl (C=O) groups excluding carboxylic acids is 1. The molecule has 1 aliphatic heterocycles. The van der Waals surface area contributed by atoms with E-state index in [0.717, 1.165) is 0 Å². The zero-order chi connectivity index (χ0) is 22.1. The summed E-state index contributed by atoms with van der Waals surface area (Å²) < 4.78 is 11.6. The highest BCUT2D eigenvalue weighted by atomic mass is 16.6. The number of amides is 1. The molecule has 0 aliphatic carbocycles. The van der Waals surface area contributed by atoms with Gasteiger partial charge in [0, 0.05) is 17.7 Å². The summed E-state index contributed by atoms with van der Waals surface area (Å²) >= 11 is 0. The Labute approximate surface area is 181 Å². The number of benzene rings is 3. The molecule has 0 saturated heterocycles. The number of furan rings is 1. The quantitative estimate of drug-likeness (QED) is 0.246. The number of para-hydroxylation sites is 2. The first-order chi connectivity index (χ1) is 15.6. The van der Waals surface area contributed by atoms with Gasteiger partial charge in [0.15, 0.2) is 5.75 Å². The maximum atomic E-state index is 12.6. The highest BCUT2D eigenvalue weighted by Crippen LogP contribution is 2.36. The van der Waals surface area contributed by atoms with Gasteiger partial charge in [0.1, 0.15) is 17.3 Å². The molecule has 1 aromatic heterocycles. The molecule has 0 spiro atoms. The van der Waals surface area contributed by atoms with Crippen molar-refractivity contribution < 1.29 is 18.9 Å². The van der Waals surface area contributed by atoms with Gasteiger partial charge in [-0.1, -0.05) is 12.1 Å². The van der Waals surface area contributed by atoms with E-state index in [-0.39, 0.29) is 11.6 Å². The van der Waals surface area contributed by atoms with Crippen LogP contribution in [0.4, 0.5) is 17.1 Å². The molecule has 1 aliphatic rings. The van der Waals surface area contributed by atoms with E-state index in [4.69, 9.17) is 9.15 Å². The maximum Gasteiger partial charge on any atom is 0.269 e. The van der Waals surface area contributed by atoms with Crippen LogP contribution in [0.15, 0.2) is 88.3 Å². The number of hydrogen-bond acceptors (Lipinski definition) is 6. The molecule has 4 aromatic rings. The third-order valence-corrected chi connectivity index (χ3v) is 4.89. The minimum atomic E-state index is -0.450. The summed E-state index contributed by atoms with van der Waals surface area (Å²) in [5.74, 6) is 1.81. The molecule has 8 nitrogen and oxygen atoms in total. The van der Waals surface area contributed by atoms with E-state index in [1.54, 1.807) is 60.8 Å². The maximum absolute atomic E-state index is 12.6. The molecular weight excluding hydrogens is 410 g/mol. The molecule has 0 bridgehead atoms. The summed E-state index contributed by atoms with van der Waals surface area (Å²) in [5, 5.41) is 13.6. The van der Waals surface area contributed by atoms with Gasteiger partial charge in [0.25, 0.3) is 11.6 Å². The van der Waals surface area contributed by atoms with E-state index in [2.05, 4.69) is 10.3 Å². The highest BCUT2D eigenvalue weighted by molar-refractivity contribution is 6.08. The number of fused-ring (bicyclic) bond motifs is 2. The summed E-state index contributed by atoms with van der Waals surface area (Å²) in [7, 11) is 0. The van der Waals surface area contributed by atoms with E-state index in [9.17, 15) is 14.9 Å². The minimum absolute atomic E-state index is 0.0152. The van der Waals surface area contributed by atoms with E-state index in [1.165, 1.54) is 12.1 Å². The van der Waals surface area contributed by atoms with Gasteiger partial charge in [0.05, 0.1) is 28.1 Å². The minimum Gasteiger partial charge on any atom is -0.455 e. The second kappa shape index (κ2) is 7.84. The number of carbonyl (C=O) groups is 1. The van der Waals surface area contributed by atoms with Crippen LogP contribution in [0, 0.1) is 10.1 Å². The van der Waals surface area contributed by atoms with Crippen molar-refractivity contribution in [2.45, 2.75) is 0 Å². The number of nitro groups is 1.